The summed E-state index contributed by atoms with van der Waals surface area (Å²) < 4.78 is 2.24. The van der Waals surface area contributed by atoms with E-state index in [9.17, 15) is 0 Å². The summed E-state index contributed by atoms with van der Waals surface area (Å²) in [7, 11) is -2.93. The lowest BCUT2D eigenvalue weighted by atomic mass is 10.0. The number of nitrogens with zero attached hydrogens (tertiary/aromatic N) is 3. The van der Waals surface area contributed by atoms with Gasteiger partial charge in [0.15, 0.2) is 8.07 Å². The van der Waals surface area contributed by atoms with Crippen LogP contribution in [0, 0.1) is 0 Å². The minimum atomic E-state index is -2.93. The predicted molar refractivity (Wildman–Crippen MR) is 262 cm³/mol. The third kappa shape index (κ3) is 6.54. The van der Waals surface area contributed by atoms with Crippen LogP contribution in [0.2, 0.25) is 0 Å². The lowest BCUT2D eigenvalue weighted by molar-refractivity contribution is 0.996. The van der Waals surface area contributed by atoms with Crippen molar-refractivity contribution in [2.24, 2.45) is 0 Å². The number of hydrogen-bond donors (Lipinski definition) is 0. The molecule has 0 aliphatic rings. The average Bonchev–Trinajstić information content (AvgIpc) is 3.69. The molecule has 0 aliphatic carbocycles. The van der Waals surface area contributed by atoms with Crippen molar-refractivity contribution >= 4 is 50.6 Å². The van der Waals surface area contributed by atoms with Crippen molar-refractivity contribution in [3.63, 3.8) is 0 Å². The van der Waals surface area contributed by atoms with Crippen LogP contribution in [0.3, 0.4) is 0 Å². The van der Waals surface area contributed by atoms with E-state index in [2.05, 4.69) is 253 Å². The minimum absolute atomic E-state index is 0.635. The van der Waals surface area contributed by atoms with Crippen molar-refractivity contribution in [3.05, 3.63) is 249 Å². The number of hydrogen-bond acceptors (Lipinski definition) is 2. The van der Waals surface area contributed by atoms with Gasteiger partial charge in [-0.2, -0.15) is 0 Å². The summed E-state index contributed by atoms with van der Waals surface area (Å²) >= 11 is 0. The van der Waals surface area contributed by atoms with E-state index in [1.165, 1.54) is 48.4 Å². The lowest BCUT2D eigenvalue weighted by Crippen LogP contribution is -2.74. The van der Waals surface area contributed by atoms with E-state index in [1.54, 1.807) is 0 Å². The maximum Gasteiger partial charge on any atom is 0.235 e. The van der Waals surface area contributed by atoms with Gasteiger partial charge in [-0.25, -0.2) is 9.97 Å². The quantitative estimate of drug-likeness (QED) is 0.107. The molecule has 3 nitrogen and oxygen atoms in total. The Bertz CT molecular complexity index is 3290. The molecule has 4 heteroatoms. The van der Waals surface area contributed by atoms with Gasteiger partial charge in [-0.15, -0.1) is 0 Å². The number of benzene rings is 9. The number of para-hydroxylation sites is 1. The summed E-state index contributed by atoms with van der Waals surface area (Å²) in [6.45, 7) is 0. The number of fused-ring (bicyclic) bond motifs is 3. The van der Waals surface area contributed by atoms with Crippen molar-refractivity contribution in [2.75, 3.05) is 0 Å². The van der Waals surface area contributed by atoms with Crippen LogP contribution in [-0.4, -0.2) is 22.6 Å². The fourth-order valence-electron chi connectivity index (χ4n) is 9.29. The Balaban J connectivity index is 1.15. The molecule has 0 spiro atoms. The second-order valence-corrected chi connectivity index (χ2v) is 19.6. The Labute approximate surface area is 362 Å². The molecule has 2 aromatic heterocycles. The lowest BCUT2D eigenvalue weighted by Gasteiger charge is -2.35. The fourth-order valence-corrected chi connectivity index (χ4v) is 14.1. The topological polar surface area (TPSA) is 30.7 Å². The predicted octanol–water partition coefficient (Wildman–Crippen LogP) is 11.6. The maximum absolute atomic E-state index is 5.51. The molecule has 2 heterocycles. The average molecular weight is 808 g/mol. The van der Waals surface area contributed by atoms with E-state index < -0.39 is 8.07 Å². The largest absolute Gasteiger partial charge is 0.278 e. The normalized spacial score (nSPS) is 11.5. The second kappa shape index (κ2) is 15.9. The summed E-state index contributed by atoms with van der Waals surface area (Å²) in [4.78, 5) is 10.9. The summed E-state index contributed by atoms with van der Waals surface area (Å²) in [6, 6.07) is 89.9. The first-order valence-electron chi connectivity index (χ1n) is 21.2. The Morgan fingerprint density at radius 2 is 0.694 bits per heavy atom. The molecule has 0 unspecified atom stereocenters. The molecule has 0 saturated carbocycles. The van der Waals surface area contributed by atoms with E-state index in [1.807, 2.05) is 0 Å². The second-order valence-electron chi connectivity index (χ2n) is 15.8. The van der Waals surface area contributed by atoms with Gasteiger partial charge >= 0.3 is 0 Å². The standard InChI is InChI=1S/C58H41N3Si/c1-6-20-42(21-7-1)45-26-18-32-50(38-45)62(48-28-12-4-13-29-48,49-30-14-5-15-31-49)51-33-19-27-47(39-51)55-41-54(44-24-10-3-11-25-44)59-58(60-55)61-56-35-17-16-34-52(56)53-40-46(36-37-57(53)61)43-22-8-2-9-23-43/h1-41H. The van der Waals surface area contributed by atoms with Crippen LogP contribution < -0.4 is 20.7 Å². The summed E-state index contributed by atoms with van der Waals surface area (Å²) in [5.41, 5.74) is 10.7. The molecule has 0 N–H and O–H groups in total. The zero-order valence-corrected chi connectivity index (χ0v) is 35.0. The van der Waals surface area contributed by atoms with E-state index in [4.69, 9.17) is 9.97 Å². The molecule has 11 aromatic rings. The van der Waals surface area contributed by atoms with E-state index in [0.717, 1.165) is 38.9 Å². The van der Waals surface area contributed by atoms with Crippen LogP contribution in [0.1, 0.15) is 0 Å². The molecular weight excluding hydrogens is 767 g/mol. The fraction of sp³-hybridized carbons (Fsp3) is 0. The van der Waals surface area contributed by atoms with Crippen LogP contribution in [0.15, 0.2) is 249 Å². The van der Waals surface area contributed by atoms with Crippen LogP contribution in [0.5, 0.6) is 0 Å². The molecule has 292 valence electrons. The van der Waals surface area contributed by atoms with E-state index in [-0.39, 0.29) is 0 Å². The molecule has 62 heavy (non-hydrogen) atoms. The van der Waals surface area contributed by atoms with Gasteiger partial charge in [0.1, 0.15) is 0 Å². The number of rotatable bonds is 9. The Morgan fingerprint density at radius 3 is 1.29 bits per heavy atom. The van der Waals surface area contributed by atoms with Gasteiger partial charge < -0.3 is 0 Å². The molecule has 0 amide bonds. The molecular formula is C58H41N3Si. The SMILES string of the molecule is c1ccc(-c2cccc([Si](c3ccccc3)(c3ccccc3)c3cccc(-c4cc(-c5ccccc5)nc(-n5c6ccccc6c6cc(-c7ccccc7)ccc65)n4)c3)c2)cc1. The summed E-state index contributed by atoms with van der Waals surface area (Å²) in [6.07, 6.45) is 0. The summed E-state index contributed by atoms with van der Waals surface area (Å²) in [5, 5.41) is 7.57. The third-order valence-corrected chi connectivity index (χ3v) is 16.9. The van der Waals surface area contributed by atoms with Gasteiger partial charge in [0, 0.05) is 21.9 Å². The van der Waals surface area contributed by atoms with Gasteiger partial charge in [-0.05, 0) is 67.3 Å². The molecule has 0 saturated heterocycles. The first-order chi connectivity index (χ1) is 30.7. The Morgan fingerprint density at radius 1 is 0.274 bits per heavy atom. The monoisotopic (exact) mass is 807 g/mol. The van der Waals surface area contributed by atoms with E-state index >= 15 is 0 Å². The zero-order chi connectivity index (χ0) is 41.3. The first kappa shape index (κ1) is 37.1. The Kier molecular flexibility index (Phi) is 9.53. The van der Waals surface area contributed by atoms with Gasteiger partial charge in [0.2, 0.25) is 5.95 Å². The highest BCUT2D eigenvalue weighted by Gasteiger charge is 2.41. The van der Waals surface area contributed by atoms with Gasteiger partial charge in [0.05, 0.1) is 22.4 Å². The van der Waals surface area contributed by atoms with Crippen LogP contribution in [0.25, 0.3) is 72.5 Å². The van der Waals surface area contributed by atoms with Crippen LogP contribution in [0.4, 0.5) is 0 Å². The Hall–Kier alpha value is -7.92. The summed E-state index contributed by atoms with van der Waals surface area (Å²) in [5.74, 6) is 0.635. The smallest absolute Gasteiger partial charge is 0.235 e. The van der Waals surface area contributed by atoms with Crippen molar-refractivity contribution in [1.29, 1.82) is 0 Å². The van der Waals surface area contributed by atoms with Crippen molar-refractivity contribution in [2.45, 2.75) is 0 Å². The molecule has 0 aliphatic heterocycles. The number of aromatic nitrogens is 3. The van der Waals surface area contributed by atoms with Crippen molar-refractivity contribution in [3.8, 4) is 50.7 Å². The van der Waals surface area contributed by atoms with Gasteiger partial charge in [-0.3, -0.25) is 4.57 Å². The van der Waals surface area contributed by atoms with E-state index in [0.29, 0.717) is 5.95 Å². The molecule has 0 bridgehead atoms. The highest BCUT2D eigenvalue weighted by atomic mass is 28.3. The van der Waals surface area contributed by atoms with Gasteiger partial charge in [-0.1, -0.05) is 224 Å². The van der Waals surface area contributed by atoms with Crippen molar-refractivity contribution in [1.82, 2.24) is 14.5 Å². The highest BCUT2D eigenvalue weighted by molar-refractivity contribution is 7.20. The van der Waals surface area contributed by atoms with Gasteiger partial charge in [0.25, 0.3) is 0 Å². The highest BCUT2D eigenvalue weighted by Crippen LogP contribution is 2.35. The van der Waals surface area contributed by atoms with Crippen LogP contribution in [-0.2, 0) is 0 Å². The third-order valence-electron chi connectivity index (χ3n) is 12.2. The molecule has 9 aromatic carbocycles. The molecule has 0 atom stereocenters. The minimum Gasteiger partial charge on any atom is -0.278 e. The molecule has 0 fully saturated rings. The first-order valence-corrected chi connectivity index (χ1v) is 23.2. The van der Waals surface area contributed by atoms with Crippen molar-refractivity contribution < 1.29 is 0 Å². The molecule has 11 rings (SSSR count). The zero-order valence-electron chi connectivity index (χ0n) is 34.0. The van der Waals surface area contributed by atoms with Crippen LogP contribution >= 0.6 is 0 Å². The molecule has 0 radical (unpaired) electrons. The maximum atomic E-state index is 5.51.